The van der Waals surface area contributed by atoms with Gasteiger partial charge in [-0.2, -0.15) is 0 Å². The van der Waals surface area contributed by atoms with Gasteiger partial charge < -0.3 is 4.74 Å². The highest BCUT2D eigenvalue weighted by atomic mass is 19.1. The predicted octanol–water partition coefficient (Wildman–Crippen LogP) is 3.34. The van der Waals surface area contributed by atoms with Gasteiger partial charge in [-0.1, -0.05) is 25.5 Å². The van der Waals surface area contributed by atoms with Crippen molar-refractivity contribution >= 4 is 5.97 Å². The number of carbonyl (C=O) groups excluding carboxylic acids is 1. The summed E-state index contributed by atoms with van der Waals surface area (Å²) in [5.74, 6) is -1.15. The zero-order valence-corrected chi connectivity index (χ0v) is 9.63. The number of hydrogen-bond acceptors (Lipinski definition) is 2. The van der Waals surface area contributed by atoms with Gasteiger partial charge >= 0.3 is 5.97 Å². The third kappa shape index (κ3) is 4.11. The van der Waals surface area contributed by atoms with E-state index in [1.165, 1.54) is 12.1 Å². The molecule has 0 aliphatic heterocycles. The Hall–Kier alpha value is -1.38. The van der Waals surface area contributed by atoms with Crippen LogP contribution in [0.5, 0.6) is 0 Å². The second kappa shape index (κ2) is 6.98. The Morgan fingerprint density at radius 2 is 2.00 bits per heavy atom. The van der Waals surface area contributed by atoms with E-state index in [1.54, 1.807) is 19.9 Å². The number of esters is 1. The van der Waals surface area contributed by atoms with Gasteiger partial charge in [0.1, 0.15) is 5.82 Å². The van der Waals surface area contributed by atoms with Crippen molar-refractivity contribution in [3.8, 4) is 0 Å². The van der Waals surface area contributed by atoms with E-state index in [9.17, 15) is 9.18 Å². The molecule has 84 valence electrons. The average Bonchev–Trinajstić information content (AvgIpc) is 2.25. The first-order valence-electron chi connectivity index (χ1n) is 5.08. The minimum absolute atomic E-state index is 0.00171. The molecule has 0 spiro atoms. The molecule has 0 heterocycles. The molecular formula is C12H17FO2. The van der Waals surface area contributed by atoms with Crippen molar-refractivity contribution in [1.29, 1.82) is 0 Å². The molecule has 1 aromatic rings. The monoisotopic (exact) mass is 212 g/mol. The summed E-state index contributed by atoms with van der Waals surface area (Å²) in [4.78, 5) is 11.2. The summed E-state index contributed by atoms with van der Waals surface area (Å²) < 4.78 is 17.7. The van der Waals surface area contributed by atoms with Gasteiger partial charge in [-0.3, -0.25) is 0 Å². The van der Waals surface area contributed by atoms with E-state index in [2.05, 4.69) is 4.74 Å². The van der Waals surface area contributed by atoms with Crippen molar-refractivity contribution in [2.75, 3.05) is 6.61 Å². The molecular weight excluding hydrogens is 195 g/mol. The van der Waals surface area contributed by atoms with Crippen LogP contribution in [0, 0.1) is 12.7 Å². The lowest BCUT2D eigenvalue weighted by atomic mass is 10.1. The zero-order chi connectivity index (χ0) is 11.8. The summed E-state index contributed by atoms with van der Waals surface area (Å²) in [5.41, 5.74) is 0.839. The molecule has 0 fully saturated rings. The summed E-state index contributed by atoms with van der Waals surface area (Å²) in [6.07, 6.45) is 0. The van der Waals surface area contributed by atoms with Gasteiger partial charge in [-0.25, -0.2) is 9.18 Å². The average molecular weight is 212 g/mol. The zero-order valence-electron chi connectivity index (χ0n) is 9.63. The Morgan fingerprint density at radius 1 is 1.40 bits per heavy atom. The number of rotatable bonds is 2. The number of aryl methyl sites for hydroxylation is 1. The first-order valence-corrected chi connectivity index (χ1v) is 5.08. The Bertz CT molecular complexity index is 321. The van der Waals surface area contributed by atoms with Crippen molar-refractivity contribution in [3.05, 3.63) is 35.1 Å². The van der Waals surface area contributed by atoms with Crippen molar-refractivity contribution in [3.63, 3.8) is 0 Å². The predicted molar refractivity (Wildman–Crippen MR) is 58.4 cm³/mol. The molecule has 0 aliphatic carbocycles. The summed E-state index contributed by atoms with van der Waals surface area (Å²) in [7, 11) is 0. The quantitative estimate of drug-likeness (QED) is 0.703. The van der Waals surface area contributed by atoms with E-state index in [1.807, 2.05) is 13.8 Å². The number of halogens is 1. The van der Waals surface area contributed by atoms with Crippen LogP contribution in [-0.4, -0.2) is 12.6 Å². The number of carbonyl (C=O) groups is 1. The topological polar surface area (TPSA) is 26.3 Å². The van der Waals surface area contributed by atoms with Crippen LogP contribution in [-0.2, 0) is 4.74 Å². The van der Waals surface area contributed by atoms with Gasteiger partial charge in [0.15, 0.2) is 0 Å². The summed E-state index contributed by atoms with van der Waals surface area (Å²) >= 11 is 0. The number of ether oxygens (including phenoxy) is 1. The second-order valence-corrected chi connectivity index (χ2v) is 2.70. The third-order valence-electron chi connectivity index (χ3n) is 1.62. The van der Waals surface area contributed by atoms with E-state index < -0.39 is 11.8 Å². The minimum Gasteiger partial charge on any atom is -0.462 e. The van der Waals surface area contributed by atoms with Crippen molar-refractivity contribution in [2.24, 2.45) is 0 Å². The van der Waals surface area contributed by atoms with E-state index >= 15 is 0 Å². The standard InChI is InChI=1S/C10H11FO2.C2H6/c1-3-13-10(12)8-6-7(2)4-5-9(8)11;1-2/h4-6H,3H2,1-2H3;1-2H3. The molecule has 0 aromatic heterocycles. The van der Waals surface area contributed by atoms with E-state index in [4.69, 9.17) is 0 Å². The van der Waals surface area contributed by atoms with E-state index in [0.29, 0.717) is 0 Å². The maximum absolute atomic E-state index is 13.0. The van der Waals surface area contributed by atoms with Crippen molar-refractivity contribution < 1.29 is 13.9 Å². The van der Waals surface area contributed by atoms with Gasteiger partial charge in [0, 0.05) is 0 Å². The largest absolute Gasteiger partial charge is 0.462 e. The molecule has 15 heavy (non-hydrogen) atoms. The summed E-state index contributed by atoms with van der Waals surface area (Å²) in [6, 6.07) is 4.35. The molecule has 0 atom stereocenters. The first-order chi connectivity index (χ1) is 7.15. The molecule has 0 unspecified atom stereocenters. The van der Waals surface area contributed by atoms with Crippen LogP contribution in [0.4, 0.5) is 4.39 Å². The molecule has 0 aliphatic rings. The summed E-state index contributed by atoms with van der Waals surface area (Å²) in [5, 5.41) is 0. The highest BCUT2D eigenvalue weighted by molar-refractivity contribution is 5.89. The van der Waals surface area contributed by atoms with E-state index in [-0.39, 0.29) is 12.2 Å². The first kappa shape index (κ1) is 13.6. The Balaban J connectivity index is 0.000000921. The molecule has 2 nitrogen and oxygen atoms in total. The Labute approximate surface area is 90.1 Å². The molecule has 3 heteroatoms. The van der Waals surface area contributed by atoms with Crippen LogP contribution in [0.2, 0.25) is 0 Å². The smallest absolute Gasteiger partial charge is 0.341 e. The van der Waals surface area contributed by atoms with Crippen LogP contribution >= 0.6 is 0 Å². The van der Waals surface area contributed by atoms with Crippen LogP contribution in [0.1, 0.15) is 36.7 Å². The number of benzene rings is 1. The minimum atomic E-state index is -0.608. The lowest BCUT2D eigenvalue weighted by Crippen LogP contribution is -2.07. The van der Waals surface area contributed by atoms with Gasteiger partial charge in [0.25, 0.3) is 0 Å². The molecule has 0 amide bonds. The van der Waals surface area contributed by atoms with Gasteiger partial charge in [0.2, 0.25) is 0 Å². The highest BCUT2D eigenvalue weighted by Gasteiger charge is 2.11. The second-order valence-electron chi connectivity index (χ2n) is 2.70. The molecule has 0 saturated carbocycles. The Morgan fingerprint density at radius 3 is 2.53 bits per heavy atom. The van der Waals surface area contributed by atoms with E-state index in [0.717, 1.165) is 5.56 Å². The fourth-order valence-corrected chi connectivity index (χ4v) is 1.00. The normalized spacial score (nSPS) is 8.87. The van der Waals surface area contributed by atoms with Crippen LogP contribution < -0.4 is 0 Å². The third-order valence-corrected chi connectivity index (χ3v) is 1.62. The van der Waals surface area contributed by atoms with Gasteiger partial charge in [-0.05, 0) is 26.0 Å². The summed E-state index contributed by atoms with van der Waals surface area (Å²) in [6.45, 7) is 7.74. The van der Waals surface area contributed by atoms with Crippen LogP contribution in [0.15, 0.2) is 18.2 Å². The maximum Gasteiger partial charge on any atom is 0.341 e. The molecule has 0 N–H and O–H groups in total. The molecule has 0 saturated heterocycles. The highest BCUT2D eigenvalue weighted by Crippen LogP contribution is 2.10. The lowest BCUT2D eigenvalue weighted by Gasteiger charge is -2.03. The van der Waals surface area contributed by atoms with Gasteiger partial charge in [-0.15, -0.1) is 0 Å². The SMILES string of the molecule is CC.CCOC(=O)c1cc(C)ccc1F. The fourth-order valence-electron chi connectivity index (χ4n) is 1.00. The van der Waals surface area contributed by atoms with Gasteiger partial charge in [0.05, 0.1) is 12.2 Å². The Kier molecular flexibility index (Phi) is 6.34. The molecule has 1 rings (SSSR count). The maximum atomic E-state index is 13.0. The van der Waals surface area contributed by atoms with Crippen LogP contribution in [0.25, 0.3) is 0 Å². The van der Waals surface area contributed by atoms with Crippen LogP contribution in [0.3, 0.4) is 0 Å². The van der Waals surface area contributed by atoms with Crippen molar-refractivity contribution in [1.82, 2.24) is 0 Å². The lowest BCUT2D eigenvalue weighted by molar-refractivity contribution is 0.0521. The molecule has 1 aromatic carbocycles. The number of hydrogen-bond donors (Lipinski definition) is 0. The molecule has 0 bridgehead atoms. The molecule has 0 radical (unpaired) electrons. The fraction of sp³-hybridized carbons (Fsp3) is 0.417. The van der Waals surface area contributed by atoms with Crippen molar-refractivity contribution in [2.45, 2.75) is 27.7 Å².